The zero-order chi connectivity index (χ0) is 15.0. The van der Waals surface area contributed by atoms with Crippen molar-refractivity contribution in [2.45, 2.75) is 31.8 Å². The molecule has 0 radical (unpaired) electrons. The van der Waals surface area contributed by atoms with Gasteiger partial charge in [0.25, 0.3) is 0 Å². The molecule has 1 aromatic carbocycles. The molecule has 1 saturated heterocycles. The lowest BCUT2D eigenvalue weighted by molar-refractivity contribution is 0.260. The zero-order valence-electron chi connectivity index (χ0n) is 13.0. The number of rotatable bonds is 3. The third-order valence-corrected chi connectivity index (χ3v) is 4.66. The number of likely N-dealkylation sites (tertiary alicyclic amines) is 1. The Labute approximate surface area is 126 Å². The maximum atomic E-state index is 6.18. The third kappa shape index (κ3) is 2.35. The topological polar surface area (TPSA) is 54.1 Å². The lowest BCUT2D eigenvalue weighted by atomic mass is 9.96. The van der Waals surface area contributed by atoms with Crippen LogP contribution in [0.5, 0.6) is 5.75 Å². The Hall–Kier alpha value is -1.75. The molecule has 1 aromatic rings. The fraction of sp³-hybridized carbons (Fsp3) is 0.562. The highest BCUT2D eigenvalue weighted by molar-refractivity contribution is 5.98. The average Bonchev–Trinajstić information content (AvgIpc) is 3.05. The Morgan fingerprint density at radius 1 is 1.29 bits per heavy atom. The van der Waals surface area contributed by atoms with Gasteiger partial charge in [0.05, 0.1) is 19.2 Å². The second-order valence-corrected chi connectivity index (χ2v) is 6.25. The summed E-state index contributed by atoms with van der Waals surface area (Å²) in [6, 6.07) is 8.63. The molecule has 0 aliphatic carbocycles. The SMILES string of the molecule is COc1ccc(N2C(N)=NCC23CCN(C(C)C)C3)cc1. The van der Waals surface area contributed by atoms with Crippen molar-refractivity contribution >= 4 is 11.6 Å². The molecule has 2 N–H and O–H groups in total. The van der Waals surface area contributed by atoms with Crippen LogP contribution < -0.4 is 15.4 Å². The fourth-order valence-electron chi connectivity index (χ4n) is 3.39. The quantitative estimate of drug-likeness (QED) is 0.919. The van der Waals surface area contributed by atoms with Gasteiger partial charge in [-0.15, -0.1) is 0 Å². The number of guanidine groups is 1. The molecule has 1 spiro atoms. The first-order valence-electron chi connectivity index (χ1n) is 7.54. The van der Waals surface area contributed by atoms with Gasteiger partial charge in [-0.2, -0.15) is 0 Å². The number of nitrogens with zero attached hydrogens (tertiary/aromatic N) is 3. The Bertz CT molecular complexity index is 540. The summed E-state index contributed by atoms with van der Waals surface area (Å²) in [7, 11) is 1.68. The summed E-state index contributed by atoms with van der Waals surface area (Å²) in [6.45, 7) is 7.40. The summed E-state index contributed by atoms with van der Waals surface area (Å²) in [6.07, 6.45) is 1.10. The Balaban J connectivity index is 1.89. The number of nitrogens with two attached hydrogens (primary N) is 1. The van der Waals surface area contributed by atoms with Crippen LogP contribution in [0.25, 0.3) is 0 Å². The number of ether oxygens (including phenoxy) is 1. The summed E-state index contributed by atoms with van der Waals surface area (Å²) in [5, 5.41) is 0. The van der Waals surface area contributed by atoms with E-state index in [1.54, 1.807) is 7.11 Å². The van der Waals surface area contributed by atoms with Gasteiger partial charge < -0.3 is 15.4 Å². The number of aliphatic imine (C=N–C) groups is 1. The van der Waals surface area contributed by atoms with E-state index in [0.717, 1.165) is 37.5 Å². The van der Waals surface area contributed by atoms with Crippen LogP contribution in [-0.4, -0.2) is 49.2 Å². The van der Waals surface area contributed by atoms with E-state index in [2.05, 4.69) is 40.8 Å². The van der Waals surface area contributed by atoms with E-state index < -0.39 is 0 Å². The first-order chi connectivity index (χ1) is 10.1. The van der Waals surface area contributed by atoms with Gasteiger partial charge in [0, 0.05) is 24.8 Å². The molecule has 0 amide bonds. The van der Waals surface area contributed by atoms with E-state index in [1.807, 2.05) is 12.1 Å². The van der Waals surface area contributed by atoms with Crippen LogP contribution in [0, 0.1) is 0 Å². The van der Waals surface area contributed by atoms with Crippen LogP contribution in [0.1, 0.15) is 20.3 Å². The molecule has 1 fully saturated rings. The van der Waals surface area contributed by atoms with Gasteiger partial charge >= 0.3 is 0 Å². The van der Waals surface area contributed by atoms with E-state index in [4.69, 9.17) is 10.5 Å². The van der Waals surface area contributed by atoms with Crippen LogP contribution in [0.15, 0.2) is 29.3 Å². The molecule has 0 aromatic heterocycles. The first kappa shape index (κ1) is 14.2. The molecule has 2 aliphatic rings. The molecule has 5 nitrogen and oxygen atoms in total. The van der Waals surface area contributed by atoms with Gasteiger partial charge in [0.1, 0.15) is 5.75 Å². The third-order valence-electron chi connectivity index (χ3n) is 4.66. The maximum absolute atomic E-state index is 6.18. The summed E-state index contributed by atoms with van der Waals surface area (Å²) in [5.41, 5.74) is 7.30. The minimum absolute atomic E-state index is 0.0168. The van der Waals surface area contributed by atoms with Gasteiger partial charge in [-0.3, -0.25) is 9.89 Å². The van der Waals surface area contributed by atoms with E-state index in [9.17, 15) is 0 Å². The van der Waals surface area contributed by atoms with Gasteiger partial charge in [0.2, 0.25) is 0 Å². The molecule has 0 bridgehead atoms. The van der Waals surface area contributed by atoms with Crippen LogP contribution in [0.2, 0.25) is 0 Å². The Morgan fingerprint density at radius 3 is 2.57 bits per heavy atom. The largest absolute Gasteiger partial charge is 0.497 e. The van der Waals surface area contributed by atoms with Crippen LogP contribution in [0.4, 0.5) is 5.69 Å². The molecule has 21 heavy (non-hydrogen) atoms. The highest BCUT2D eigenvalue weighted by atomic mass is 16.5. The highest BCUT2D eigenvalue weighted by Gasteiger charge is 2.48. The molecule has 0 saturated carbocycles. The fourth-order valence-corrected chi connectivity index (χ4v) is 3.39. The van der Waals surface area contributed by atoms with Crippen molar-refractivity contribution in [2.24, 2.45) is 10.7 Å². The van der Waals surface area contributed by atoms with Crippen molar-refractivity contribution in [1.29, 1.82) is 0 Å². The zero-order valence-corrected chi connectivity index (χ0v) is 13.0. The minimum atomic E-state index is 0.0168. The van der Waals surface area contributed by atoms with Gasteiger partial charge in [-0.1, -0.05) is 0 Å². The number of hydrogen-bond donors (Lipinski definition) is 1. The van der Waals surface area contributed by atoms with E-state index >= 15 is 0 Å². The Morgan fingerprint density at radius 2 is 2.00 bits per heavy atom. The van der Waals surface area contributed by atoms with Crippen molar-refractivity contribution < 1.29 is 4.74 Å². The maximum Gasteiger partial charge on any atom is 0.196 e. The molecular formula is C16H24N4O. The van der Waals surface area contributed by atoms with Crippen molar-refractivity contribution in [3.8, 4) is 5.75 Å². The van der Waals surface area contributed by atoms with Crippen LogP contribution >= 0.6 is 0 Å². The standard InChI is InChI=1S/C16H24N4O/c1-12(2)19-9-8-16(11-19)10-18-15(17)20(16)13-4-6-14(21-3)7-5-13/h4-7,12H,8-11H2,1-3H3,(H2,17,18). The van der Waals surface area contributed by atoms with Crippen LogP contribution in [-0.2, 0) is 0 Å². The normalized spacial score (nSPS) is 25.9. The predicted molar refractivity (Wildman–Crippen MR) is 86.0 cm³/mol. The summed E-state index contributed by atoms with van der Waals surface area (Å²) in [5.74, 6) is 1.49. The molecule has 114 valence electrons. The predicted octanol–water partition coefficient (Wildman–Crippen LogP) is 1.68. The highest BCUT2D eigenvalue weighted by Crippen LogP contribution is 2.37. The Kier molecular flexibility index (Phi) is 3.53. The number of methoxy groups -OCH3 is 1. The van der Waals surface area contributed by atoms with Crippen molar-refractivity contribution in [3.05, 3.63) is 24.3 Å². The van der Waals surface area contributed by atoms with Gasteiger partial charge in [-0.05, 0) is 44.5 Å². The minimum Gasteiger partial charge on any atom is -0.497 e. The summed E-state index contributed by atoms with van der Waals surface area (Å²) < 4.78 is 5.24. The molecule has 2 heterocycles. The number of hydrogen-bond acceptors (Lipinski definition) is 5. The summed E-state index contributed by atoms with van der Waals surface area (Å²) in [4.78, 5) is 9.25. The second-order valence-electron chi connectivity index (χ2n) is 6.25. The van der Waals surface area contributed by atoms with Crippen molar-refractivity contribution in [3.63, 3.8) is 0 Å². The van der Waals surface area contributed by atoms with E-state index in [1.165, 1.54) is 0 Å². The molecule has 5 heteroatoms. The first-order valence-corrected chi connectivity index (χ1v) is 7.54. The molecular weight excluding hydrogens is 264 g/mol. The van der Waals surface area contributed by atoms with E-state index in [0.29, 0.717) is 12.0 Å². The van der Waals surface area contributed by atoms with Gasteiger partial charge in [-0.25, -0.2) is 0 Å². The lowest BCUT2D eigenvalue weighted by Crippen LogP contribution is -2.54. The molecule has 3 rings (SSSR count). The smallest absolute Gasteiger partial charge is 0.196 e. The van der Waals surface area contributed by atoms with Crippen molar-refractivity contribution in [2.75, 3.05) is 31.6 Å². The summed E-state index contributed by atoms with van der Waals surface area (Å²) >= 11 is 0. The van der Waals surface area contributed by atoms with Crippen molar-refractivity contribution in [1.82, 2.24) is 4.90 Å². The molecule has 2 aliphatic heterocycles. The monoisotopic (exact) mass is 288 g/mol. The van der Waals surface area contributed by atoms with Crippen LogP contribution in [0.3, 0.4) is 0 Å². The van der Waals surface area contributed by atoms with Gasteiger partial charge in [0.15, 0.2) is 5.96 Å². The molecule has 1 unspecified atom stereocenters. The number of anilines is 1. The van der Waals surface area contributed by atoms with E-state index in [-0.39, 0.29) is 5.54 Å². The number of benzene rings is 1. The second kappa shape index (κ2) is 5.22. The lowest BCUT2D eigenvalue weighted by Gasteiger charge is -2.36. The average molecular weight is 288 g/mol. The molecule has 1 atom stereocenters.